The first-order valence-electron chi connectivity index (χ1n) is 6.02. The molecule has 0 saturated carbocycles. The van der Waals surface area contributed by atoms with Crippen LogP contribution < -0.4 is 5.32 Å². The lowest BCUT2D eigenvalue weighted by Crippen LogP contribution is -2.13. The van der Waals surface area contributed by atoms with E-state index in [1.807, 2.05) is 0 Å². The third-order valence-electron chi connectivity index (χ3n) is 3.58. The SMILES string of the molecule is CS(=O)(=O)C1CNc2cc([N+](=O)[O-])c3ccccc3c21. The van der Waals surface area contributed by atoms with Gasteiger partial charge in [-0.2, -0.15) is 0 Å². The molecule has 0 bridgehead atoms. The van der Waals surface area contributed by atoms with Gasteiger partial charge in [-0.15, -0.1) is 0 Å². The van der Waals surface area contributed by atoms with Gasteiger partial charge in [-0.25, -0.2) is 8.42 Å². The molecular weight excluding hydrogens is 280 g/mol. The molecule has 7 heteroatoms. The molecule has 0 radical (unpaired) electrons. The number of hydrogen-bond acceptors (Lipinski definition) is 5. The molecule has 1 aliphatic rings. The Morgan fingerprint density at radius 1 is 1.30 bits per heavy atom. The molecule has 0 spiro atoms. The van der Waals surface area contributed by atoms with Crippen LogP contribution in [0.15, 0.2) is 30.3 Å². The fourth-order valence-corrected chi connectivity index (χ4v) is 3.76. The highest BCUT2D eigenvalue weighted by molar-refractivity contribution is 7.91. The number of hydrogen-bond donors (Lipinski definition) is 1. The van der Waals surface area contributed by atoms with Gasteiger partial charge in [0.05, 0.1) is 10.3 Å². The van der Waals surface area contributed by atoms with E-state index in [2.05, 4.69) is 5.32 Å². The molecule has 0 saturated heterocycles. The Bertz CT molecular complexity index is 830. The maximum Gasteiger partial charge on any atom is 0.279 e. The number of non-ortho nitro benzene ring substituents is 1. The van der Waals surface area contributed by atoms with Gasteiger partial charge in [0.25, 0.3) is 5.69 Å². The molecule has 0 amide bonds. The minimum Gasteiger partial charge on any atom is -0.383 e. The first-order chi connectivity index (χ1) is 9.39. The molecule has 1 aliphatic heterocycles. The average Bonchev–Trinajstić information content (AvgIpc) is 2.81. The lowest BCUT2D eigenvalue weighted by molar-refractivity contribution is -0.383. The van der Waals surface area contributed by atoms with Crippen LogP contribution in [0.25, 0.3) is 10.8 Å². The molecule has 0 aliphatic carbocycles. The van der Waals surface area contributed by atoms with E-state index in [0.717, 1.165) is 0 Å². The van der Waals surface area contributed by atoms with Gasteiger partial charge in [-0.05, 0) is 11.5 Å². The van der Waals surface area contributed by atoms with Gasteiger partial charge in [0, 0.05) is 30.1 Å². The summed E-state index contributed by atoms with van der Waals surface area (Å²) in [4.78, 5) is 10.7. The number of nitrogens with one attached hydrogen (secondary N) is 1. The normalized spacial score (nSPS) is 17.8. The van der Waals surface area contributed by atoms with Crippen LogP contribution in [0.5, 0.6) is 0 Å². The standard InChI is InChI=1S/C13H12N2O4S/c1-20(18,19)12-7-14-10-6-11(15(16)17)8-4-2-3-5-9(8)13(10)12/h2-6,12,14H,7H2,1H3. The molecule has 2 aromatic rings. The van der Waals surface area contributed by atoms with E-state index in [1.54, 1.807) is 24.3 Å². The fourth-order valence-electron chi connectivity index (χ4n) is 2.69. The van der Waals surface area contributed by atoms with Gasteiger partial charge in [-0.1, -0.05) is 18.2 Å². The number of fused-ring (bicyclic) bond motifs is 3. The molecule has 1 atom stereocenters. The quantitative estimate of drug-likeness (QED) is 0.677. The molecule has 2 aromatic carbocycles. The van der Waals surface area contributed by atoms with Crippen molar-refractivity contribution in [1.82, 2.24) is 0 Å². The Kier molecular flexibility index (Phi) is 2.68. The first-order valence-corrected chi connectivity index (χ1v) is 7.98. The van der Waals surface area contributed by atoms with Crippen molar-refractivity contribution in [3.05, 3.63) is 46.0 Å². The second-order valence-corrected chi connectivity index (χ2v) is 7.09. The van der Waals surface area contributed by atoms with Crippen molar-refractivity contribution >= 4 is 32.0 Å². The summed E-state index contributed by atoms with van der Waals surface area (Å²) in [5, 5.41) is 14.5. The highest BCUT2D eigenvalue weighted by atomic mass is 32.2. The van der Waals surface area contributed by atoms with Crippen LogP contribution >= 0.6 is 0 Å². The number of sulfone groups is 1. The minimum absolute atomic E-state index is 0.0130. The van der Waals surface area contributed by atoms with E-state index < -0.39 is 20.0 Å². The molecule has 1 N–H and O–H groups in total. The lowest BCUT2D eigenvalue weighted by Gasteiger charge is -2.11. The lowest BCUT2D eigenvalue weighted by atomic mass is 10.0. The third-order valence-corrected chi connectivity index (χ3v) is 5.01. The Labute approximate surface area is 115 Å². The molecule has 1 heterocycles. The van der Waals surface area contributed by atoms with Crippen molar-refractivity contribution in [2.24, 2.45) is 0 Å². The molecule has 6 nitrogen and oxygen atoms in total. The van der Waals surface area contributed by atoms with E-state index in [0.29, 0.717) is 22.0 Å². The van der Waals surface area contributed by atoms with Crippen LogP contribution in [0.1, 0.15) is 10.8 Å². The van der Waals surface area contributed by atoms with Crippen molar-refractivity contribution in [1.29, 1.82) is 0 Å². The number of nitrogens with zero attached hydrogens (tertiary/aromatic N) is 1. The first kappa shape index (κ1) is 12.9. The molecule has 104 valence electrons. The largest absolute Gasteiger partial charge is 0.383 e. The predicted molar refractivity (Wildman–Crippen MR) is 76.7 cm³/mol. The van der Waals surface area contributed by atoms with Crippen molar-refractivity contribution in [3.63, 3.8) is 0 Å². The van der Waals surface area contributed by atoms with E-state index >= 15 is 0 Å². The van der Waals surface area contributed by atoms with E-state index in [4.69, 9.17) is 0 Å². The fraction of sp³-hybridized carbons (Fsp3) is 0.231. The summed E-state index contributed by atoms with van der Waals surface area (Å²) in [6.45, 7) is 0.249. The molecule has 0 fully saturated rings. The third kappa shape index (κ3) is 1.82. The summed E-state index contributed by atoms with van der Waals surface area (Å²) in [5.41, 5.74) is 1.15. The molecule has 1 unspecified atom stereocenters. The Hall–Kier alpha value is -2.15. The van der Waals surface area contributed by atoms with Crippen molar-refractivity contribution in [2.75, 3.05) is 18.1 Å². The topological polar surface area (TPSA) is 89.3 Å². The second kappa shape index (κ2) is 4.17. The van der Waals surface area contributed by atoms with E-state index in [9.17, 15) is 18.5 Å². The van der Waals surface area contributed by atoms with E-state index in [1.165, 1.54) is 12.3 Å². The van der Waals surface area contributed by atoms with Gasteiger partial charge in [0.1, 0.15) is 5.25 Å². The van der Waals surface area contributed by atoms with Gasteiger partial charge in [0.2, 0.25) is 0 Å². The summed E-state index contributed by atoms with van der Waals surface area (Å²) in [6, 6.07) is 8.25. The highest BCUT2D eigenvalue weighted by Crippen LogP contribution is 2.43. The average molecular weight is 292 g/mol. The van der Waals surface area contributed by atoms with Crippen LogP contribution in [0, 0.1) is 10.1 Å². The molecule has 20 heavy (non-hydrogen) atoms. The monoisotopic (exact) mass is 292 g/mol. The Balaban J connectivity index is 2.41. The number of benzene rings is 2. The van der Waals surface area contributed by atoms with Gasteiger partial charge in [-0.3, -0.25) is 10.1 Å². The van der Waals surface area contributed by atoms with E-state index in [-0.39, 0.29) is 12.2 Å². The van der Waals surface area contributed by atoms with Gasteiger partial charge >= 0.3 is 0 Å². The summed E-state index contributed by atoms with van der Waals surface area (Å²) in [6.07, 6.45) is 1.19. The zero-order valence-corrected chi connectivity index (χ0v) is 11.5. The summed E-state index contributed by atoms with van der Waals surface area (Å²) >= 11 is 0. The summed E-state index contributed by atoms with van der Waals surface area (Å²) in [7, 11) is -3.27. The smallest absolute Gasteiger partial charge is 0.279 e. The van der Waals surface area contributed by atoms with Gasteiger partial charge in [0.15, 0.2) is 9.84 Å². The second-order valence-electron chi connectivity index (χ2n) is 4.86. The minimum atomic E-state index is -3.27. The predicted octanol–water partition coefficient (Wildman–Crippen LogP) is 2.26. The van der Waals surface area contributed by atoms with Crippen molar-refractivity contribution < 1.29 is 13.3 Å². The Morgan fingerprint density at radius 3 is 2.55 bits per heavy atom. The van der Waals surface area contributed by atoms with Crippen LogP contribution in [-0.2, 0) is 9.84 Å². The zero-order valence-electron chi connectivity index (χ0n) is 10.7. The van der Waals surface area contributed by atoms with Crippen LogP contribution in [0.2, 0.25) is 0 Å². The maximum atomic E-state index is 11.9. The molecule has 3 rings (SSSR count). The van der Waals surface area contributed by atoms with Crippen LogP contribution in [0.3, 0.4) is 0 Å². The van der Waals surface area contributed by atoms with Crippen LogP contribution in [-0.4, -0.2) is 26.1 Å². The van der Waals surface area contributed by atoms with Crippen molar-refractivity contribution in [2.45, 2.75) is 5.25 Å². The maximum absolute atomic E-state index is 11.9. The highest BCUT2D eigenvalue weighted by Gasteiger charge is 2.34. The van der Waals surface area contributed by atoms with Crippen LogP contribution in [0.4, 0.5) is 11.4 Å². The Morgan fingerprint density at radius 2 is 1.95 bits per heavy atom. The number of nitro benzene ring substituents is 1. The number of anilines is 1. The van der Waals surface area contributed by atoms with Gasteiger partial charge < -0.3 is 5.32 Å². The molecule has 0 aromatic heterocycles. The summed E-state index contributed by atoms with van der Waals surface area (Å²) < 4.78 is 23.8. The molecular formula is C13H12N2O4S. The summed E-state index contributed by atoms with van der Waals surface area (Å²) in [5.74, 6) is 0. The number of nitro groups is 1. The number of rotatable bonds is 2. The van der Waals surface area contributed by atoms with Crippen molar-refractivity contribution in [3.8, 4) is 0 Å². The zero-order chi connectivity index (χ0) is 14.5.